The van der Waals surface area contributed by atoms with E-state index >= 15 is 0 Å². The van der Waals surface area contributed by atoms with Crippen LogP contribution in [-0.2, 0) is 20.7 Å². The number of nitrogens with zero attached hydrogens (tertiary/aromatic N) is 1. The van der Waals surface area contributed by atoms with Crippen molar-refractivity contribution in [2.45, 2.75) is 24.8 Å². The Labute approximate surface area is 136 Å². The van der Waals surface area contributed by atoms with Crippen LogP contribution >= 0.6 is 11.3 Å². The summed E-state index contributed by atoms with van der Waals surface area (Å²) in [6.07, 6.45) is 1.30. The third kappa shape index (κ3) is 3.39. The maximum Gasteiger partial charge on any atom is 0.331 e. The lowest BCUT2D eigenvalue weighted by Crippen LogP contribution is -2.44. The quantitative estimate of drug-likeness (QED) is 0.852. The Hall–Kier alpha value is -2.28. The van der Waals surface area contributed by atoms with Gasteiger partial charge in [-0.2, -0.15) is 0 Å². The Bertz CT molecular complexity index is 738. The molecule has 0 atom stereocenters. The van der Waals surface area contributed by atoms with Gasteiger partial charge in [-0.05, 0) is 37.1 Å². The second-order valence-electron chi connectivity index (χ2n) is 5.43. The number of thiazole rings is 1. The molecule has 2 aromatic rings. The summed E-state index contributed by atoms with van der Waals surface area (Å²) >= 11 is 1.36. The summed E-state index contributed by atoms with van der Waals surface area (Å²) in [6.45, 7) is 0. The van der Waals surface area contributed by atoms with Gasteiger partial charge >= 0.3 is 5.97 Å². The fraction of sp³-hybridized carbons (Fsp3) is 0.312. The van der Waals surface area contributed by atoms with Crippen molar-refractivity contribution in [3.05, 3.63) is 40.5 Å². The molecule has 0 saturated heterocycles. The number of halogens is 1. The summed E-state index contributed by atoms with van der Waals surface area (Å²) in [5.41, 5.74) is 0.650. The summed E-state index contributed by atoms with van der Waals surface area (Å²) in [6, 6.07) is 6.03. The summed E-state index contributed by atoms with van der Waals surface area (Å²) in [7, 11) is 1.31. The number of carbonyl (C=O) groups excluding carboxylic acids is 2. The number of carbonyl (C=O) groups is 2. The average Bonchev–Trinajstić information content (AvgIpc) is 3.17. The second-order valence-corrected chi connectivity index (χ2v) is 6.37. The summed E-state index contributed by atoms with van der Waals surface area (Å²) in [5.74, 6) is -0.967. The van der Waals surface area contributed by atoms with Crippen molar-refractivity contribution in [2.75, 3.05) is 7.11 Å². The van der Waals surface area contributed by atoms with Crippen molar-refractivity contribution in [3.63, 3.8) is 0 Å². The summed E-state index contributed by atoms with van der Waals surface area (Å²) in [4.78, 5) is 28.1. The maximum atomic E-state index is 12.9. The number of esters is 1. The highest BCUT2D eigenvalue weighted by Gasteiger charge is 2.52. The molecular weight excluding hydrogens is 319 g/mol. The molecule has 5 nitrogen and oxygen atoms in total. The molecule has 1 aromatic heterocycles. The first kappa shape index (κ1) is 15.6. The Balaban J connectivity index is 1.64. The van der Waals surface area contributed by atoms with Crippen molar-refractivity contribution >= 4 is 23.2 Å². The molecule has 1 fully saturated rings. The van der Waals surface area contributed by atoms with Crippen LogP contribution in [0.3, 0.4) is 0 Å². The van der Waals surface area contributed by atoms with Gasteiger partial charge in [0.1, 0.15) is 16.4 Å². The topological polar surface area (TPSA) is 68.3 Å². The average molecular weight is 334 g/mol. The molecule has 1 aliphatic carbocycles. The minimum absolute atomic E-state index is 0.102. The third-order valence-electron chi connectivity index (χ3n) is 3.71. The van der Waals surface area contributed by atoms with Crippen molar-refractivity contribution in [2.24, 2.45) is 0 Å². The van der Waals surface area contributed by atoms with Crippen LogP contribution < -0.4 is 5.32 Å². The number of rotatable bonds is 5. The molecule has 0 bridgehead atoms. The van der Waals surface area contributed by atoms with E-state index in [1.54, 1.807) is 12.1 Å². The Morgan fingerprint density at radius 2 is 2.04 bits per heavy atom. The van der Waals surface area contributed by atoms with Crippen molar-refractivity contribution in [1.29, 1.82) is 0 Å². The maximum absolute atomic E-state index is 12.9. The van der Waals surface area contributed by atoms with E-state index in [-0.39, 0.29) is 18.1 Å². The molecule has 1 aromatic carbocycles. The molecule has 0 unspecified atom stereocenters. The summed E-state index contributed by atoms with van der Waals surface area (Å²) < 4.78 is 17.6. The number of aromatic nitrogens is 1. The largest absolute Gasteiger partial charge is 0.467 e. The molecule has 1 heterocycles. The van der Waals surface area contributed by atoms with Gasteiger partial charge in [0, 0.05) is 10.9 Å². The van der Waals surface area contributed by atoms with Crippen LogP contribution in [0.5, 0.6) is 0 Å². The number of amides is 1. The van der Waals surface area contributed by atoms with E-state index in [0.717, 1.165) is 5.56 Å². The number of nitrogens with one attached hydrogen (secondary N) is 1. The van der Waals surface area contributed by atoms with Crippen molar-refractivity contribution in [3.8, 4) is 11.3 Å². The molecule has 7 heteroatoms. The minimum Gasteiger partial charge on any atom is -0.467 e. The molecule has 23 heavy (non-hydrogen) atoms. The van der Waals surface area contributed by atoms with Crippen LogP contribution in [-0.4, -0.2) is 29.5 Å². The molecular formula is C16H15FN2O3S. The van der Waals surface area contributed by atoms with Crippen LogP contribution in [0.2, 0.25) is 0 Å². The van der Waals surface area contributed by atoms with Gasteiger partial charge in [0.05, 0.1) is 19.2 Å². The highest BCUT2D eigenvalue weighted by atomic mass is 32.1. The van der Waals surface area contributed by atoms with Crippen LogP contribution in [0, 0.1) is 5.82 Å². The number of ether oxygens (including phenoxy) is 1. The van der Waals surface area contributed by atoms with E-state index in [2.05, 4.69) is 10.3 Å². The van der Waals surface area contributed by atoms with Crippen LogP contribution in [0.1, 0.15) is 17.8 Å². The Morgan fingerprint density at radius 3 is 2.65 bits per heavy atom. The smallest absolute Gasteiger partial charge is 0.331 e. The van der Waals surface area contributed by atoms with Gasteiger partial charge in [-0.15, -0.1) is 11.3 Å². The van der Waals surface area contributed by atoms with Gasteiger partial charge in [-0.1, -0.05) is 0 Å². The first-order chi connectivity index (χ1) is 11.0. The molecule has 0 spiro atoms. The zero-order chi connectivity index (χ0) is 16.4. The number of hydrogen-bond acceptors (Lipinski definition) is 5. The number of benzene rings is 1. The van der Waals surface area contributed by atoms with E-state index < -0.39 is 11.5 Å². The minimum atomic E-state index is -0.844. The van der Waals surface area contributed by atoms with Gasteiger partial charge in [0.25, 0.3) is 0 Å². The standard InChI is InChI=1S/C16H15FN2O3S/c1-22-15(21)16(6-7-16)19-13(20)8-14-18-12(9-23-14)10-2-4-11(17)5-3-10/h2-5,9H,6-8H2,1H3,(H,19,20). The molecule has 1 amide bonds. The first-order valence-corrected chi connectivity index (χ1v) is 8.00. The fourth-order valence-corrected chi connectivity index (χ4v) is 3.10. The summed E-state index contributed by atoms with van der Waals surface area (Å²) in [5, 5.41) is 5.19. The predicted molar refractivity (Wildman–Crippen MR) is 83.3 cm³/mol. The predicted octanol–water partition coefficient (Wildman–Crippen LogP) is 2.31. The zero-order valence-corrected chi connectivity index (χ0v) is 13.3. The van der Waals surface area contributed by atoms with E-state index in [4.69, 9.17) is 4.74 Å². The van der Waals surface area contributed by atoms with E-state index in [1.807, 2.05) is 5.38 Å². The highest BCUT2D eigenvalue weighted by Crippen LogP contribution is 2.36. The van der Waals surface area contributed by atoms with Crippen LogP contribution in [0.25, 0.3) is 11.3 Å². The first-order valence-electron chi connectivity index (χ1n) is 7.12. The van der Waals surface area contributed by atoms with E-state index in [9.17, 15) is 14.0 Å². The molecule has 1 aliphatic rings. The van der Waals surface area contributed by atoms with Gasteiger partial charge in [0.2, 0.25) is 5.91 Å². The SMILES string of the molecule is COC(=O)C1(NC(=O)Cc2nc(-c3ccc(F)cc3)cs2)CC1. The number of methoxy groups -OCH3 is 1. The van der Waals surface area contributed by atoms with E-state index in [0.29, 0.717) is 23.5 Å². The normalized spacial score (nSPS) is 15.0. The van der Waals surface area contributed by atoms with Gasteiger partial charge in [0.15, 0.2) is 0 Å². The third-order valence-corrected chi connectivity index (χ3v) is 4.56. The van der Waals surface area contributed by atoms with Crippen molar-refractivity contribution < 1.29 is 18.7 Å². The van der Waals surface area contributed by atoms with Crippen molar-refractivity contribution in [1.82, 2.24) is 10.3 Å². The lowest BCUT2D eigenvalue weighted by atomic mass is 10.2. The molecule has 3 rings (SSSR count). The Morgan fingerprint density at radius 1 is 1.35 bits per heavy atom. The molecule has 1 N–H and O–H groups in total. The molecule has 0 radical (unpaired) electrons. The molecule has 120 valence electrons. The fourth-order valence-electron chi connectivity index (χ4n) is 2.29. The lowest BCUT2D eigenvalue weighted by molar-refractivity contribution is -0.146. The van der Waals surface area contributed by atoms with E-state index in [1.165, 1.54) is 30.6 Å². The highest BCUT2D eigenvalue weighted by molar-refractivity contribution is 7.10. The zero-order valence-electron chi connectivity index (χ0n) is 12.5. The second kappa shape index (κ2) is 6.08. The lowest BCUT2D eigenvalue weighted by Gasteiger charge is -2.13. The monoisotopic (exact) mass is 334 g/mol. The van der Waals surface area contributed by atoms with Gasteiger partial charge < -0.3 is 10.1 Å². The number of hydrogen-bond donors (Lipinski definition) is 1. The molecule has 0 aliphatic heterocycles. The van der Waals surface area contributed by atoms with Crippen LogP contribution in [0.15, 0.2) is 29.6 Å². The molecule has 1 saturated carbocycles. The van der Waals surface area contributed by atoms with Crippen LogP contribution in [0.4, 0.5) is 4.39 Å². The van der Waals surface area contributed by atoms with Gasteiger partial charge in [-0.3, -0.25) is 4.79 Å². The van der Waals surface area contributed by atoms with Gasteiger partial charge in [-0.25, -0.2) is 14.2 Å². The Kier molecular flexibility index (Phi) is 4.12.